The van der Waals surface area contributed by atoms with Gasteiger partial charge in [0.25, 0.3) is 0 Å². The molecule has 1 N–H and O–H groups in total. The SMILES string of the molecule is CC1=CC2C(C(=O)O)C2(C)CC1. The predicted molar refractivity (Wildman–Crippen MR) is 45.7 cm³/mol. The molecule has 2 aliphatic carbocycles. The van der Waals surface area contributed by atoms with Crippen molar-refractivity contribution in [3.63, 3.8) is 0 Å². The number of allylic oxidation sites excluding steroid dienone is 2. The smallest absolute Gasteiger partial charge is 0.307 e. The molecule has 0 saturated heterocycles. The zero-order valence-corrected chi connectivity index (χ0v) is 7.50. The average molecular weight is 166 g/mol. The van der Waals surface area contributed by atoms with E-state index in [1.165, 1.54) is 5.57 Å². The van der Waals surface area contributed by atoms with Gasteiger partial charge in [-0.2, -0.15) is 0 Å². The number of aliphatic carboxylic acids is 1. The fourth-order valence-electron chi connectivity index (χ4n) is 2.50. The molecule has 0 aliphatic heterocycles. The van der Waals surface area contributed by atoms with E-state index < -0.39 is 5.97 Å². The van der Waals surface area contributed by atoms with Crippen molar-refractivity contribution in [3.8, 4) is 0 Å². The summed E-state index contributed by atoms with van der Waals surface area (Å²) in [6, 6.07) is 0. The molecule has 2 nitrogen and oxygen atoms in total. The molecule has 0 radical (unpaired) electrons. The van der Waals surface area contributed by atoms with Gasteiger partial charge in [-0.15, -0.1) is 0 Å². The standard InChI is InChI=1S/C10H14O2/c1-6-3-4-10(2)7(5-6)8(10)9(11)12/h5,7-8H,3-4H2,1-2H3,(H,11,12). The predicted octanol–water partition coefficient (Wildman–Crippen LogP) is 2.06. The van der Waals surface area contributed by atoms with Crippen LogP contribution in [0.15, 0.2) is 11.6 Å². The van der Waals surface area contributed by atoms with Gasteiger partial charge in [-0.3, -0.25) is 4.79 Å². The molecule has 12 heavy (non-hydrogen) atoms. The number of hydrogen-bond acceptors (Lipinski definition) is 1. The summed E-state index contributed by atoms with van der Waals surface area (Å²) in [5, 5.41) is 8.91. The first-order valence-electron chi connectivity index (χ1n) is 4.46. The molecule has 0 aromatic rings. The summed E-state index contributed by atoms with van der Waals surface area (Å²) in [5.74, 6) is -0.396. The highest BCUT2D eigenvalue weighted by atomic mass is 16.4. The van der Waals surface area contributed by atoms with E-state index in [1.54, 1.807) is 0 Å². The Bertz CT molecular complexity index is 267. The van der Waals surface area contributed by atoms with E-state index in [2.05, 4.69) is 19.9 Å². The highest BCUT2D eigenvalue weighted by Crippen LogP contribution is 2.64. The minimum absolute atomic E-state index is 0.0886. The molecule has 0 bridgehead atoms. The van der Waals surface area contributed by atoms with Crippen molar-refractivity contribution in [1.29, 1.82) is 0 Å². The Kier molecular flexibility index (Phi) is 1.39. The third-order valence-corrected chi connectivity index (χ3v) is 3.51. The van der Waals surface area contributed by atoms with Crippen LogP contribution in [-0.2, 0) is 4.79 Å². The molecule has 1 fully saturated rings. The fraction of sp³-hybridized carbons (Fsp3) is 0.700. The van der Waals surface area contributed by atoms with Gasteiger partial charge < -0.3 is 5.11 Å². The molecule has 0 aromatic carbocycles. The lowest BCUT2D eigenvalue weighted by Crippen LogP contribution is -2.07. The minimum atomic E-state index is -0.617. The van der Waals surface area contributed by atoms with Crippen molar-refractivity contribution in [2.45, 2.75) is 26.7 Å². The summed E-state index contributed by atoms with van der Waals surface area (Å²) in [7, 11) is 0. The van der Waals surface area contributed by atoms with E-state index in [0.29, 0.717) is 5.92 Å². The number of rotatable bonds is 1. The maximum Gasteiger partial charge on any atom is 0.307 e. The molecule has 0 aromatic heterocycles. The Balaban J connectivity index is 2.23. The first kappa shape index (κ1) is 7.84. The molecule has 1 saturated carbocycles. The van der Waals surface area contributed by atoms with Crippen LogP contribution in [0.3, 0.4) is 0 Å². The summed E-state index contributed by atoms with van der Waals surface area (Å²) in [4.78, 5) is 10.8. The van der Waals surface area contributed by atoms with Gasteiger partial charge in [-0.1, -0.05) is 18.6 Å². The van der Waals surface area contributed by atoms with Gasteiger partial charge in [0.1, 0.15) is 0 Å². The highest BCUT2D eigenvalue weighted by Gasteiger charge is 2.64. The number of carboxylic acid groups (broad SMARTS) is 1. The zero-order chi connectivity index (χ0) is 8.93. The van der Waals surface area contributed by atoms with Crippen LogP contribution in [0.2, 0.25) is 0 Å². The largest absolute Gasteiger partial charge is 0.481 e. The minimum Gasteiger partial charge on any atom is -0.481 e. The Labute approximate surface area is 72.3 Å². The van der Waals surface area contributed by atoms with Crippen molar-refractivity contribution in [3.05, 3.63) is 11.6 Å². The molecule has 0 heterocycles. The van der Waals surface area contributed by atoms with Crippen molar-refractivity contribution in [2.75, 3.05) is 0 Å². The third-order valence-electron chi connectivity index (χ3n) is 3.51. The highest BCUT2D eigenvalue weighted by molar-refractivity contribution is 5.76. The van der Waals surface area contributed by atoms with E-state index in [4.69, 9.17) is 5.11 Å². The normalized spacial score (nSPS) is 44.7. The van der Waals surface area contributed by atoms with Crippen LogP contribution in [0.1, 0.15) is 26.7 Å². The fourth-order valence-corrected chi connectivity index (χ4v) is 2.50. The van der Waals surface area contributed by atoms with Gasteiger partial charge in [0.15, 0.2) is 0 Å². The number of carbonyl (C=O) groups is 1. The van der Waals surface area contributed by atoms with Gasteiger partial charge in [-0.25, -0.2) is 0 Å². The lowest BCUT2D eigenvalue weighted by atomic mass is 9.90. The van der Waals surface area contributed by atoms with Crippen molar-refractivity contribution in [1.82, 2.24) is 0 Å². The summed E-state index contributed by atoms with van der Waals surface area (Å²) >= 11 is 0. The lowest BCUT2D eigenvalue weighted by molar-refractivity contribution is -0.139. The van der Waals surface area contributed by atoms with Crippen LogP contribution in [-0.4, -0.2) is 11.1 Å². The van der Waals surface area contributed by atoms with Gasteiger partial charge >= 0.3 is 5.97 Å². The van der Waals surface area contributed by atoms with E-state index in [0.717, 1.165) is 12.8 Å². The molecule has 0 spiro atoms. The van der Waals surface area contributed by atoms with Crippen molar-refractivity contribution >= 4 is 5.97 Å². The van der Waals surface area contributed by atoms with Crippen LogP contribution in [0.4, 0.5) is 0 Å². The van der Waals surface area contributed by atoms with Gasteiger partial charge in [0.2, 0.25) is 0 Å². The molecule has 3 unspecified atom stereocenters. The Hall–Kier alpha value is -0.790. The third kappa shape index (κ3) is 0.838. The van der Waals surface area contributed by atoms with E-state index in [-0.39, 0.29) is 11.3 Å². The van der Waals surface area contributed by atoms with Crippen molar-refractivity contribution in [2.24, 2.45) is 17.3 Å². The Morgan fingerprint density at radius 1 is 1.75 bits per heavy atom. The molecule has 2 rings (SSSR count). The second-order valence-corrected chi connectivity index (χ2v) is 4.36. The molecule has 66 valence electrons. The molecule has 2 aliphatic rings. The van der Waals surface area contributed by atoms with Gasteiger partial charge in [0.05, 0.1) is 5.92 Å². The number of hydrogen-bond donors (Lipinski definition) is 1. The zero-order valence-electron chi connectivity index (χ0n) is 7.50. The monoisotopic (exact) mass is 166 g/mol. The Morgan fingerprint density at radius 3 is 2.92 bits per heavy atom. The van der Waals surface area contributed by atoms with E-state index in [1.807, 2.05) is 0 Å². The maximum absolute atomic E-state index is 10.8. The quantitative estimate of drug-likeness (QED) is 0.605. The van der Waals surface area contributed by atoms with Crippen LogP contribution in [0, 0.1) is 17.3 Å². The molecule has 0 amide bonds. The van der Waals surface area contributed by atoms with Crippen LogP contribution >= 0.6 is 0 Å². The summed E-state index contributed by atoms with van der Waals surface area (Å²) in [5.41, 5.74) is 1.45. The number of fused-ring (bicyclic) bond motifs is 1. The molecular weight excluding hydrogens is 152 g/mol. The van der Waals surface area contributed by atoms with Crippen LogP contribution < -0.4 is 0 Å². The molecule has 3 atom stereocenters. The maximum atomic E-state index is 10.8. The first-order chi connectivity index (χ1) is 5.55. The second kappa shape index (κ2) is 2.12. The average Bonchev–Trinajstić information content (AvgIpc) is 2.55. The van der Waals surface area contributed by atoms with Crippen LogP contribution in [0.25, 0.3) is 0 Å². The summed E-state index contributed by atoms with van der Waals surface area (Å²) in [6.45, 7) is 4.19. The van der Waals surface area contributed by atoms with E-state index >= 15 is 0 Å². The van der Waals surface area contributed by atoms with Crippen LogP contribution in [0.5, 0.6) is 0 Å². The second-order valence-electron chi connectivity index (χ2n) is 4.36. The topological polar surface area (TPSA) is 37.3 Å². The van der Waals surface area contributed by atoms with Gasteiger partial charge in [-0.05, 0) is 31.1 Å². The summed E-state index contributed by atoms with van der Waals surface area (Å²) in [6.07, 6.45) is 4.29. The first-order valence-corrected chi connectivity index (χ1v) is 4.46. The van der Waals surface area contributed by atoms with Crippen molar-refractivity contribution < 1.29 is 9.90 Å². The lowest BCUT2D eigenvalue weighted by Gasteiger charge is -2.14. The Morgan fingerprint density at radius 2 is 2.42 bits per heavy atom. The van der Waals surface area contributed by atoms with Gasteiger partial charge in [0, 0.05) is 0 Å². The number of carboxylic acids is 1. The molecular formula is C10H14O2. The van der Waals surface area contributed by atoms with E-state index in [9.17, 15) is 4.79 Å². The summed E-state index contributed by atoms with van der Waals surface area (Å²) < 4.78 is 0. The molecule has 2 heteroatoms.